The summed E-state index contributed by atoms with van der Waals surface area (Å²) in [5.41, 5.74) is 3.11. The van der Waals surface area contributed by atoms with Gasteiger partial charge in [0.2, 0.25) is 5.91 Å². The molecule has 2 aromatic carbocycles. The Labute approximate surface area is 170 Å². The third-order valence-corrected chi connectivity index (χ3v) is 4.94. The first kappa shape index (κ1) is 20.2. The molecule has 1 aromatic heterocycles. The topological polar surface area (TPSA) is 114 Å². The van der Waals surface area contributed by atoms with Crippen LogP contribution in [0, 0.1) is 17.0 Å². The van der Waals surface area contributed by atoms with Crippen molar-refractivity contribution in [3.05, 3.63) is 74.6 Å². The third kappa shape index (κ3) is 5.02. The smallest absolute Gasteiger partial charge is 0.272 e. The molecule has 2 N–H and O–H groups in total. The molecule has 0 atom stereocenters. The maximum absolute atomic E-state index is 12.4. The Morgan fingerprint density at radius 2 is 1.90 bits per heavy atom. The zero-order chi connectivity index (χ0) is 21.0. The molecule has 9 heteroatoms. The number of hydrogen-bond acceptors (Lipinski definition) is 6. The van der Waals surface area contributed by atoms with Gasteiger partial charge in [0, 0.05) is 41.6 Å². The molecule has 0 aliphatic rings. The number of thiazole rings is 1. The summed E-state index contributed by atoms with van der Waals surface area (Å²) >= 11 is 1.24. The first-order valence-electron chi connectivity index (χ1n) is 8.69. The molecule has 0 aliphatic carbocycles. The molecule has 0 unspecified atom stereocenters. The highest BCUT2D eigenvalue weighted by Crippen LogP contribution is 2.29. The van der Waals surface area contributed by atoms with Crippen LogP contribution in [0.3, 0.4) is 0 Å². The van der Waals surface area contributed by atoms with Crippen LogP contribution in [0.5, 0.6) is 0 Å². The van der Waals surface area contributed by atoms with Crippen LogP contribution in [0.4, 0.5) is 10.8 Å². The van der Waals surface area contributed by atoms with E-state index in [2.05, 4.69) is 15.6 Å². The van der Waals surface area contributed by atoms with Gasteiger partial charge in [0.1, 0.15) is 0 Å². The molecular weight excluding hydrogens is 392 g/mol. The van der Waals surface area contributed by atoms with Crippen LogP contribution in [0.2, 0.25) is 0 Å². The predicted octanol–water partition coefficient (Wildman–Crippen LogP) is 3.92. The largest absolute Gasteiger partial charge is 0.352 e. The minimum Gasteiger partial charge on any atom is -0.352 e. The van der Waals surface area contributed by atoms with Crippen LogP contribution < -0.4 is 10.6 Å². The summed E-state index contributed by atoms with van der Waals surface area (Å²) in [7, 11) is 0. The molecule has 0 saturated carbocycles. The fourth-order valence-electron chi connectivity index (χ4n) is 2.60. The number of carbonyl (C=O) groups excluding carboxylic acids is 2. The number of nitro groups is 1. The summed E-state index contributed by atoms with van der Waals surface area (Å²) < 4.78 is 0. The molecule has 0 bridgehead atoms. The lowest BCUT2D eigenvalue weighted by Gasteiger charge is -2.05. The van der Waals surface area contributed by atoms with Crippen molar-refractivity contribution in [2.45, 2.75) is 20.4 Å². The van der Waals surface area contributed by atoms with Gasteiger partial charge >= 0.3 is 0 Å². The molecule has 8 nitrogen and oxygen atoms in total. The lowest BCUT2D eigenvalue weighted by atomic mass is 10.1. The second-order valence-electron chi connectivity index (χ2n) is 6.36. The highest BCUT2D eigenvalue weighted by Gasteiger charge is 2.15. The Kier molecular flexibility index (Phi) is 5.99. The van der Waals surface area contributed by atoms with Crippen LogP contribution in [-0.2, 0) is 11.3 Å². The molecule has 0 fully saturated rings. The normalized spacial score (nSPS) is 10.4. The van der Waals surface area contributed by atoms with Gasteiger partial charge in [-0.3, -0.25) is 25.0 Å². The summed E-state index contributed by atoms with van der Waals surface area (Å²) in [6, 6.07) is 11.8. The second kappa shape index (κ2) is 8.61. The third-order valence-electron chi connectivity index (χ3n) is 4.18. The lowest BCUT2D eigenvalue weighted by molar-refractivity contribution is -0.385. The Morgan fingerprint density at radius 1 is 1.17 bits per heavy atom. The number of nitrogens with zero attached hydrogens (tertiary/aromatic N) is 2. The summed E-state index contributed by atoms with van der Waals surface area (Å²) in [6.45, 7) is 3.52. The average molecular weight is 410 g/mol. The highest BCUT2D eigenvalue weighted by molar-refractivity contribution is 7.14. The van der Waals surface area contributed by atoms with Gasteiger partial charge in [0.05, 0.1) is 10.6 Å². The number of rotatable bonds is 6. The zero-order valence-corrected chi connectivity index (χ0v) is 16.6. The molecule has 148 valence electrons. The van der Waals surface area contributed by atoms with Crippen LogP contribution >= 0.6 is 11.3 Å². The van der Waals surface area contributed by atoms with Crippen molar-refractivity contribution in [1.82, 2.24) is 10.3 Å². The number of nitrogens with one attached hydrogen (secondary N) is 2. The molecule has 0 spiro atoms. The number of nitro benzene ring substituents is 1. The summed E-state index contributed by atoms with van der Waals surface area (Å²) in [5, 5.41) is 18.7. The molecular formula is C20H18N4O4S. The van der Waals surface area contributed by atoms with Crippen LogP contribution in [0.1, 0.15) is 28.4 Å². The SMILES string of the molecule is CC(=O)NCc1ccc(C(=O)Nc2nc(-c3ccc(C)c([N+](=O)[O-])c3)cs2)cc1. The van der Waals surface area contributed by atoms with E-state index in [1.807, 2.05) is 0 Å². The lowest BCUT2D eigenvalue weighted by Crippen LogP contribution is -2.19. The van der Waals surface area contributed by atoms with Crippen LogP contribution in [-0.4, -0.2) is 21.7 Å². The van der Waals surface area contributed by atoms with Gasteiger partial charge in [-0.15, -0.1) is 11.3 Å². The van der Waals surface area contributed by atoms with Gasteiger partial charge in [-0.25, -0.2) is 4.98 Å². The molecule has 1 heterocycles. The predicted molar refractivity (Wildman–Crippen MR) is 111 cm³/mol. The van der Waals surface area contributed by atoms with E-state index in [9.17, 15) is 19.7 Å². The Morgan fingerprint density at radius 3 is 2.55 bits per heavy atom. The van der Waals surface area contributed by atoms with Crippen molar-refractivity contribution in [3.8, 4) is 11.3 Å². The second-order valence-corrected chi connectivity index (χ2v) is 7.22. The minimum absolute atomic E-state index is 0.0282. The number of amides is 2. The minimum atomic E-state index is -0.427. The van der Waals surface area contributed by atoms with E-state index in [-0.39, 0.29) is 17.5 Å². The summed E-state index contributed by atoms with van der Waals surface area (Å²) in [5.74, 6) is -0.433. The number of aromatic nitrogens is 1. The zero-order valence-electron chi connectivity index (χ0n) is 15.8. The van der Waals surface area contributed by atoms with Crippen molar-refractivity contribution < 1.29 is 14.5 Å². The molecule has 0 aliphatic heterocycles. The van der Waals surface area contributed by atoms with Gasteiger partial charge in [-0.2, -0.15) is 0 Å². The van der Waals surface area contributed by atoms with Gasteiger partial charge in [0.25, 0.3) is 11.6 Å². The quantitative estimate of drug-likeness (QED) is 0.472. The molecule has 29 heavy (non-hydrogen) atoms. The van der Waals surface area contributed by atoms with Crippen molar-refractivity contribution in [2.24, 2.45) is 0 Å². The first-order valence-corrected chi connectivity index (χ1v) is 9.57. The molecule has 2 amide bonds. The van der Waals surface area contributed by atoms with Crippen molar-refractivity contribution >= 4 is 34.0 Å². The molecule has 3 aromatic rings. The van der Waals surface area contributed by atoms with Gasteiger partial charge in [0.15, 0.2) is 5.13 Å². The van der Waals surface area contributed by atoms with E-state index in [0.717, 1.165) is 5.56 Å². The first-order chi connectivity index (χ1) is 13.8. The van der Waals surface area contributed by atoms with E-state index in [1.165, 1.54) is 24.3 Å². The maximum atomic E-state index is 12.4. The Balaban J connectivity index is 1.70. The van der Waals surface area contributed by atoms with Crippen molar-refractivity contribution in [3.63, 3.8) is 0 Å². The van der Waals surface area contributed by atoms with Gasteiger partial charge in [-0.05, 0) is 24.6 Å². The van der Waals surface area contributed by atoms with Crippen LogP contribution in [0.25, 0.3) is 11.3 Å². The van der Waals surface area contributed by atoms with E-state index in [1.54, 1.807) is 48.7 Å². The average Bonchev–Trinajstić information content (AvgIpc) is 3.15. The fraction of sp³-hybridized carbons (Fsp3) is 0.150. The summed E-state index contributed by atoms with van der Waals surface area (Å²) in [6.07, 6.45) is 0. The van der Waals surface area contributed by atoms with Crippen LogP contribution in [0.15, 0.2) is 47.8 Å². The molecule has 3 rings (SSSR count). The van der Waals surface area contributed by atoms with E-state index >= 15 is 0 Å². The number of benzene rings is 2. The number of anilines is 1. The standard InChI is InChI=1S/C20H18N4O4S/c1-12-3-6-16(9-18(12)24(27)28)17-11-29-20(22-17)23-19(26)15-7-4-14(5-8-15)10-21-13(2)25/h3-9,11H,10H2,1-2H3,(H,21,25)(H,22,23,26). The van der Waals surface area contributed by atoms with E-state index < -0.39 is 4.92 Å². The highest BCUT2D eigenvalue weighted by atomic mass is 32.1. The molecule has 0 saturated heterocycles. The van der Waals surface area contributed by atoms with Gasteiger partial charge < -0.3 is 5.32 Å². The number of hydrogen-bond donors (Lipinski definition) is 2. The Bertz CT molecular complexity index is 1080. The summed E-state index contributed by atoms with van der Waals surface area (Å²) in [4.78, 5) is 38.4. The maximum Gasteiger partial charge on any atom is 0.272 e. The van der Waals surface area contributed by atoms with Gasteiger partial charge in [-0.1, -0.05) is 24.3 Å². The molecule has 0 radical (unpaired) electrons. The van der Waals surface area contributed by atoms with Crippen molar-refractivity contribution in [2.75, 3.05) is 5.32 Å². The number of carbonyl (C=O) groups is 2. The number of aryl methyl sites for hydroxylation is 1. The fourth-order valence-corrected chi connectivity index (χ4v) is 3.31. The Hall–Kier alpha value is -3.59. The van der Waals surface area contributed by atoms with E-state index in [0.29, 0.717) is 34.1 Å². The van der Waals surface area contributed by atoms with Crippen molar-refractivity contribution in [1.29, 1.82) is 0 Å². The van der Waals surface area contributed by atoms with E-state index in [4.69, 9.17) is 0 Å². The monoisotopic (exact) mass is 410 g/mol.